The van der Waals surface area contributed by atoms with Crippen LogP contribution >= 0.6 is 0 Å². The highest BCUT2D eigenvalue weighted by Gasteiger charge is 2.17. The highest BCUT2D eigenvalue weighted by atomic mass is 16.5. The van der Waals surface area contributed by atoms with Crippen LogP contribution in [0.2, 0.25) is 0 Å². The highest BCUT2D eigenvalue weighted by molar-refractivity contribution is 5.85. The molecule has 0 aliphatic rings. The number of nitrogens with zero attached hydrogens (tertiary/aromatic N) is 1. The Morgan fingerprint density at radius 1 is 1.33 bits per heavy atom. The van der Waals surface area contributed by atoms with Crippen LogP contribution in [0.1, 0.15) is 26.3 Å². The van der Waals surface area contributed by atoms with E-state index >= 15 is 0 Å². The second-order valence-corrected chi connectivity index (χ2v) is 5.31. The van der Waals surface area contributed by atoms with Crippen LogP contribution < -0.4 is 4.74 Å². The molecule has 18 heavy (non-hydrogen) atoms. The van der Waals surface area contributed by atoms with Gasteiger partial charge in [-0.25, -0.2) is 0 Å². The van der Waals surface area contributed by atoms with Crippen LogP contribution in [0, 0.1) is 0 Å². The van der Waals surface area contributed by atoms with Gasteiger partial charge < -0.3 is 14.4 Å². The summed E-state index contributed by atoms with van der Waals surface area (Å²) >= 11 is 0. The molecule has 2 rings (SSSR count). The number of fused-ring (bicyclic) bond motifs is 1. The second kappa shape index (κ2) is 4.65. The molecule has 3 nitrogen and oxygen atoms in total. The van der Waals surface area contributed by atoms with Crippen molar-refractivity contribution in [3.63, 3.8) is 0 Å². The molecule has 0 saturated carbocycles. The van der Waals surface area contributed by atoms with Gasteiger partial charge in [0.1, 0.15) is 5.75 Å². The van der Waals surface area contributed by atoms with Crippen LogP contribution in [0.25, 0.3) is 10.9 Å². The normalized spacial score (nSPS) is 12.1. The SMILES string of the molecule is CCn1cc(CC(C)(C)O)c2ccc(OC)cc21. The van der Waals surface area contributed by atoms with Crippen molar-refractivity contribution in [1.29, 1.82) is 0 Å². The lowest BCUT2D eigenvalue weighted by atomic mass is 9.98. The number of hydrogen-bond acceptors (Lipinski definition) is 2. The molecule has 0 aliphatic heterocycles. The van der Waals surface area contributed by atoms with Crippen molar-refractivity contribution in [2.75, 3.05) is 7.11 Å². The summed E-state index contributed by atoms with van der Waals surface area (Å²) in [6, 6.07) is 6.09. The molecule has 0 radical (unpaired) electrons. The maximum Gasteiger partial charge on any atom is 0.120 e. The van der Waals surface area contributed by atoms with Crippen LogP contribution in [0.15, 0.2) is 24.4 Å². The Hall–Kier alpha value is -1.48. The summed E-state index contributed by atoms with van der Waals surface area (Å²) in [6.07, 6.45) is 2.78. The van der Waals surface area contributed by atoms with Gasteiger partial charge in [0.15, 0.2) is 0 Å². The first-order valence-corrected chi connectivity index (χ1v) is 6.32. The lowest BCUT2D eigenvalue weighted by molar-refractivity contribution is 0.0813. The van der Waals surface area contributed by atoms with E-state index in [-0.39, 0.29) is 0 Å². The summed E-state index contributed by atoms with van der Waals surface area (Å²) in [6.45, 7) is 6.71. The molecule has 1 N–H and O–H groups in total. The Kier molecular flexibility index (Phi) is 3.35. The van der Waals surface area contributed by atoms with Crippen LogP contribution in [0.4, 0.5) is 0 Å². The van der Waals surface area contributed by atoms with E-state index in [9.17, 15) is 5.11 Å². The first kappa shape index (κ1) is 13.0. The van der Waals surface area contributed by atoms with Gasteiger partial charge in [-0.05, 0) is 38.5 Å². The fourth-order valence-electron chi connectivity index (χ4n) is 2.34. The minimum absolute atomic E-state index is 0.656. The standard InChI is InChI=1S/C15H21NO2/c1-5-16-10-11(9-15(2,3)17)13-7-6-12(18-4)8-14(13)16/h6-8,10,17H,5,9H2,1-4H3. The van der Waals surface area contributed by atoms with E-state index in [0.717, 1.165) is 17.8 Å². The highest BCUT2D eigenvalue weighted by Crippen LogP contribution is 2.28. The third-order valence-corrected chi connectivity index (χ3v) is 3.14. The Morgan fingerprint density at radius 3 is 2.61 bits per heavy atom. The lowest BCUT2D eigenvalue weighted by Crippen LogP contribution is -2.21. The summed E-state index contributed by atoms with van der Waals surface area (Å²) in [5.74, 6) is 0.866. The van der Waals surface area contributed by atoms with Crippen molar-refractivity contribution in [3.8, 4) is 5.75 Å². The fourth-order valence-corrected chi connectivity index (χ4v) is 2.34. The van der Waals surface area contributed by atoms with Crippen molar-refractivity contribution < 1.29 is 9.84 Å². The van der Waals surface area contributed by atoms with Gasteiger partial charge in [0.05, 0.1) is 18.2 Å². The zero-order valence-electron chi connectivity index (χ0n) is 11.5. The molecule has 2 aromatic rings. The van der Waals surface area contributed by atoms with Gasteiger partial charge in [-0.2, -0.15) is 0 Å². The van der Waals surface area contributed by atoms with Gasteiger partial charge in [0, 0.05) is 30.6 Å². The molecule has 1 aromatic carbocycles. The monoisotopic (exact) mass is 247 g/mol. The minimum atomic E-state index is -0.688. The summed E-state index contributed by atoms with van der Waals surface area (Å²) in [4.78, 5) is 0. The number of hydrogen-bond donors (Lipinski definition) is 1. The van der Waals surface area contributed by atoms with Gasteiger partial charge in [-0.1, -0.05) is 0 Å². The van der Waals surface area contributed by atoms with Crippen LogP contribution in [0.3, 0.4) is 0 Å². The Balaban J connectivity index is 2.55. The molecule has 0 bridgehead atoms. The number of aromatic nitrogens is 1. The first-order valence-electron chi connectivity index (χ1n) is 6.32. The molecule has 0 spiro atoms. The fraction of sp³-hybridized carbons (Fsp3) is 0.467. The predicted molar refractivity (Wildman–Crippen MR) is 74.2 cm³/mol. The quantitative estimate of drug-likeness (QED) is 0.901. The molecule has 0 amide bonds. The van der Waals surface area contributed by atoms with Crippen LogP contribution in [-0.4, -0.2) is 22.4 Å². The number of benzene rings is 1. The van der Waals surface area contributed by atoms with E-state index < -0.39 is 5.60 Å². The number of methoxy groups -OCH3 is 1. The van der Waals surface area contributed by atoms with E-state index in [1.165, 1.54) is 10.9 Å². The molecule has 0 unspecified atom stereocenters. The van der Waals surface area contributed by atoms with Crippen LogP contribution in [0.5, 0.6) is 5.75 Å². The number of ether oxygens (including phenoxy) is 1. The topological polar surface area (TPSA) is 34.4 Å². The average Bonchev–Trinajstić information content (AvgIpc) is 2.64. The molecule has 3 heteroatoms. The average molecular weight is 247 g/mol. The molecular weight excluding hydrogens is 226 g/mol. The third kappa shape index (κ3) is 2.51. The molecule has 1 aromatic heterocycles. The molecular formula is C15H21NO2. The molecule has 0 saturated heterocycles. The van der Waals surface area contributed by atoms with Crippen molar-refractivity contribution in [1.82, 2.24) is 4.57 Å². The van der Waals surface area contributed by atoms with E-state index in [4.69, 9.17) is 4.74 Å². The number of rotatable bonds is 4. The largest absolute Gasteiger partial charge is 0.497 e. The zero-order chi connectivity index (χ0) is 13.3. The smallest absolute Gasteiger partial charge is 0.120 e. The molecule has 1 heterocycles. The Labute approximate surface area is 108 Å². The van der Waals surface area contributed by atoms with Gasteiger partial charge in [0.25, 0.3) is 0 Å². The van der Waals surface area contributed by atoms with Crippen molar-refractivity contribution in [2.45, 2.75) is 39.3 Å². The van der Waals surface area contributed by atoms with E-state index in [1.807, 2.05) is 26.0 Å². The third-order valence-electron chi connectivity index (χ3n) is 3.14. The molecule has 0 atom stereocenters. The summed E-state index contributed by atoms with van der Waals surface area (Å²) in [7, 11) is 1.68. The lowest BCUT2D eigenvalue weighted by Gasteiger charge is -2.16. The van der Waals surface area contributed by atoms with E-state index in [2.05, 4.69) is 23.8 Å². The van der Waals surface area contributed by atoms with Gasteiger partial charge in [-0.3, -0.25) is 0 Å². The Morgan fingerprint density at radius 2 is 2.06 bits per heavy atom. The van der Waals surface area contributed by atoms with Gasteiger partial charge >= 0.3 is 0 Å². The zero-order valence-corrected chi connectivity index (χ0v) is 11.5. The maximum atomic E-state index is 9.98. The molecule has 98 valence electrons. The maximum absolute atomic E-state index is 9.98. The van der Waals surface area contributed by atoms with E-state index in [0.29, 0.717) is 6.42 Å². The van der Waals surface area contributed by atoms with E-state index in [1.54, 1.807) is 7.11 Å². The van der Waals surface area contributed by atoms with Crippen molar-refractivity contribution in [3.05, 3.63) is 30.0 Å². The van der Waals surface area contributed by atoms with Crippen LogP contribution in [-0.2, 0) is 13.0 Å². The Bertz CT molecular complexity index is 549. The first-order chi connectivity index (χ1) is 8.44. The van der Waals surface area contributed by atoms with Crippen molar-refractivity contribution >= 4 is 10.9 Å². The number of aryl methyl sites for hydroxylation is 1. The van der Waals surface area contributed by atoms with Crippen molar-refractivity contribution in [2.24, 2.45) is 0 Å². The molecule has 0 aliphatic carbocycles. The summed E-state index contributed by atoms with van der Waals surface area (Å²) in [5.41, 5.74) is 1.66. The molecule has 0 fully saturated rings. The number of aliphatic hydroxyl groups is 1. The van der Waals surface area contributed by atoms with Gasteiger partial charge in [-0.15, -0.1) is 0 Å². The summed E-state index contributed by atoms with van der Waals surface area (Å²) in [5, 5.41) is 11.2. The second-order valence-electron chi connectivity index (χ2n) is 5.31. The summed E-state index contributed by atoms with van der Waals surface area (Å²) < 4.78 is 7.46. The minimum Gasteiger partial charge on any atom is -0.497 e. The predicted octanol–water partition coefficient (Wildman–Crippen LogP) is 2.98. The van der Waals surface area contributed by atoms with Gasteiger partial charge in [0.2, 0.25) is 0 Å².